The number of nitrogens with zero attached hydrogens (tertiary/aromatic N) is 2. The lowest BCUT2D eigenvalue weighted by atomic mass is 10.1. The first-order valence-corrected chi connectivity index (χ1v) is 4.67. The third-order valence-corrected chi connectivity index (χ3v) is 2.62. The van der Waals surface area contributed by atoms with Crippen molar-refractivity contribution in [2.75, 3.05) is 0 Å². The summed E-state index contributed by atoms with van der Waals surface area (Å²) in [6, 6.07) is 13.1. The SMILES string of the molecule is N#Cc1c2cccccc-2c(C#N)c1Cl. The fourth-order valence-corrected chi connectivity index (χ4v) is 1.85. The number of hydrogen-bond donors (Lipinski definition) is 0. The summed E-state index contributed by atoms with van der Waals surface area (Å²) in [5.74, 6) is 0. The summed E-state index contributed by atoms with van der Waals surface area (Å²) in [6.45, 7) is 0. The largest absolute Gasteiger partial charge is 0.192 e. The molecule has 0 radical (unpaired) electrons. The minimum atomic E-state index is 0.251. The van der Waals surface area contributed by atoms with Gasteiger partial charge in [0.2, 0.25) is 0 Å². The predicted octanol–water partition coefficient (Wildman–Crippen LogP) is 3.19. The minimum absolute atomic E-state index is 0.251. The van der Waals surface area contributed by atoms with Crippen LogP contribution in [0.4, 0.5) is 0 Å². The molecule has 3 heteroatoms. The van der Waals surface area contributed by atoms with Crippen LogP contribution >= 0.6 is 11.6 Å². The molecular weight excluding hydrogens is 208 g/mol. The second-order valence-electron chi connectivity index (χ2n) is 3.03. The zero-order valence-electron chi connectivity index (χ0n) is 7.66. The van der Waals surface area contributed by atoms with Gasteiger partial charge in [-0.1, -0.05) is 41.9 Å². The van der Waals surface area contributed by atoms with Crippen molar-refractivity contribution in [3.05, 3.63) is 46.5 Å². The summed E-state index contributed by atoms with van der Waals surface area (Å²) in [4.78, 5) is 0. The molecule has 0 saturated heterocycles. The van der Waals surface area contributed by atoms with E-state index in [9.17, 15) is 0 Å². The van der Waals surface area contributed by atoms with Crippen molar-refractivity contribution in [2.45, 2.75) is 0 Å². The third kappa shape index (κ3) is 1.32. The van der Waals surface area contributed by atoms with Crippen LogP contribution in [-0.4, -0.2) is 0 Å². The van der Waals surface area contributed by atoms with Gasteiger partial charge < -0.3 is 0 Å². The van der Waals surface area contributed by atoms with Crippen LogP contribution in [0, 0.1) is 22.7 Å². The van der Waals surface area contributed by atoms with Crippen LogP contribution < -0.4 is 0 Å². The molecule has 0 amide bonds. The van der Waals surface area contributed by atoms with Gasteiger partial charge in [-0.3, -0.25) is 0 Å². The monoisotopic (exact) mass is 212 g/mol. The molecule has 0 aliphatic heterocycles. The van der Waals surface area contributed by atoms with Gasteiger partial charge in [-0.15, -0.1) is 0 Å². The number of fused-ring (bicyclic) bond motifs is 1. The quantitative estimate of drug-likeness (QED) is 0.673. The van der Waals surface area contributed by atoms with Crippen LogP contribution in [0.15, 0.2) is 30.3 Å². The predicted molar refractivity (Wildman–Crippen MR) is 57.5 cm³/mol. The first-order chi connectivity index (χ1) is 7.29. The molecule has 0 atom stereocenters. The molecule has 0 heterocycles. The average Bonchev–Trinajstić information content (AvgIpc) is 2.43. The van der Waals surface area contributed by atoms with Crippen LogP contribution in [0.2, 0.25) is 5.02 Å². The molecule has 2 nitrogen and oxygen atoms in total. The van der Waals surface area contributed by atoms with Crippen molar-refractivity contribution in [1.82, 2.24) is 0 Å². The van der Waals surface area contributed by atoms with Crippen molar-refractivity contribution in [3.8, 4) is 23.3 Å². The van der Waals surface area contributed by atoms with Gasteiger partial charge in [0, 0.05) is 11.1 Å². The Morgan fingerprint density at radius 2 is 1.33 bits per heavy atom. The van der Waals surface area contributed by atoms with Crippen LogP contribution in [0.3, 0.4) is 0 Å². The van der Waals surface area contributed by atoms with E-state index >= 15 is 0 Å². The second-order valence-corrected chi connectivity index (χ2v) is 3.40. The van der Waals surface area contributed by atoms with E-state index in [-0.39, 0.29) is 5.02 Å². The highest BCUT2D eigenvalue weighted by Gasteiger charge is 2.20. The van der Waals surface area contributed by atoms with E-state index in [0.29, 0.717) is 11.1 Å². The molecule has 0 unspecified atom stereocenters. The van der Waals surface area contributed by atoms with Crippen LogP contribution in [0.25, 0.3) is 11.1 Å². The summed E-state index contributed by atoms with van der Waals surface area (Å²) in [6.07, 6.45) is 0. The number of nitriles is 2. The Balaban J connectivity index is 2.94. The number of halogens is 1. The van der Waals surface area contributed by atoms with E-state index in [1.54, 1.807) is 12.1 Å². The van der Waals surface area contributed by atoms with Crippen molar-refractivity contribution in [1.29, 1.82) is 10.5 Å². The van der Waals surface area contributed by atoms with E-state index < -0.39 is 0 Å². The Hall–Kier alpha value is -2.03. The minimum Gasteiger partial charge on any atom is -0.192 e. The van der Waals surface area contributed by atoms with E-state index in [1.807, 2.05) is 30.3 Å². The molecule has 15 heavy (non-hydrogen) atoms. The van der Waals surface area contributed by atoms with Gasteiger partial charge in [-0.2, -0.15) is 10.5 Å². The van der Waals surface area contributed by atoms with E-state index in [1.165, 1.54) is 0 Å². The normalized spacial score (nSPS) is 9.53. The van der Waals surface area contributed by atoms with Gasteiger partial charge in [0.05, 0.1) is 16.1 Å². The first-order valence-electron chi connectivity index (χ1n) is 4.30. The van der Waals surface area contributed by atoms with E-state index in [2.05, 4.69) is 0 Å². The summed E-state index contributed by atoms with van der Waals surface area (Å²) in [7, 11) is 0. The highest BCUT2D eigenvalue weighted by molar-refractivity contribution is 6.34. The summed E-state index contributed by atoms with van der Waals surface area (Å²) < 4.78 is 0. The van der Waals surface area contributed by atoms with Gasteiger partial charge >= 0.3 is 0 Å². The molecular formula is C12H5ClN2. The molecule has 0 bridgehead atoms. The Morgan fingerprint density at radius 3 is 1.73 bits per heavy atom. The van der Waals surface area contributed by atoms with Gasteiger partial charge in [-0.05, 0) is 0 Å². The van der Waals surface area contributed by atoms with Crippen LogP contribution in [-0.2, 0) is 0 Å². The maximum Gasteiger partial charge on any atom is 0.101 e. The zero-order chi connectivity index (χ0) is 10.8. The molecule has 0 saturated carbocycles. The van der Waals surface area contributed by atoms with Crippen molar-refractivity contribution in [2.24, 2.45) is 0 Å². The van der Waals surface area contributed by atoms with Crippen LogP contribution in [0.1, 0.15) is 11.1 Å². The van der Waals surface area contributed by atoms with Gasteiger partial charge in [0.1, 0.15) is 12.1 Å². The topological polar surface area (TPSA) is 47.6 Å². The molecule has 0 spiro atoms. The Bertz CT molecular complexity index is 527. The lowest BCUT2D eigenvalue weighted by Crippen LogP contribution is -1.72. The first kappa shape index (κ1) is 9.52. The summed E-state index contributed by atoms with van der Waals surface area (Å²) >= 11 is 5.95. The fraction of sp³-hybridized carbons (Fsp3) is 0. The van der Waals surface area contributed by atoms with Gasteiger partial charge in [0.15, 0.2) is 0 Å². The average molecular weight is 213 g/mol. The summed E-state index contributed by atoms with van der Waals surface area (Å²) in [5, 5.41) is 18.2. The second kappa shape index (κ2) is 3.61. The van der Waals surface area contributed by atoms with E-state index in [4.69, 9.17) is 22.1 Å². The van der Waals surface area contributed by atoms with E-state index in [0.717, 1.165) is 11.1 Å². The number of hydrogen-bond acceptors (Lipinski definition) is 2. The fourth-order valence-electron chi connectivity index (χ4n) is 1.56. The molecule has 0 fully saturated rings. The third-order valence-electron chi connectivity index (χ3n) is 2.24. The molecule has 70 valence electrons. The zero-order valence-corrected chi connectivity index (χ0v) is 8.42. The smallest absolute Gasteiger partial charge is 0.101 e. The standard InChI is InChI=1S/C12H5ClN2/c13-12-10(6-14)8-4-2-1-3-5-9(8)11(12)7-15/h1-5H. The van der Waals surface area contributed by atoms with Crippen molar-refractivity contribution >= 4 is 11.6 Å². The lowest BCUT2D eigenvalue weighted by Gasteiger charge is -1.91. The molecule has 0 aromatic rings. The Morgan fingerprint density at radius 1 is 0.867 bits per heavy atom. The molecule has 0 N–H and O–H groups in total. The molecule has 0 aromatic carbocycles. The van der Waals surface area contributed by atoms with Gasteiger partial charge in [0.25, 0.3) is 0 Å². The number of rotatable bonds is 0. The van der Waals surface area contributed by atoms with Crippen molar-refractivity contribution < 1.29 is 0 Å². The molecule has 2 rings (SSSR count). The Labute approximate surface area is 92.3 Å². The van der Waals surface area contributed by atoms with Crippen molar-refractivity contribution in [3.63, 3.8) is 0 Å². The maximum absolute atomic E-state index is 8.96. The molecule has 2 aliphatic carbocycles. The summed E-state index contributed by atoms with van der Waals surface area (Å²) in [5.41, 5.74) is 2.20. The Kier molecular flexibility index (Phi) is 2.29. The van der Waals surface area contributed by atoms with Crippen LogP contribution in [0.5, 0.6) is 0 Å². The molecule has 2 aliphatic rings. The highest BCUT2D eigenvalue weighted by atomic mass is 35.5. The molecule has 0 aromatic heterocycles. The maximum atomic E-state index is 8.96. The van der Waals surface area contributed by atoms with Gasteiger partial charge in [-0.25, -0.2) is 0 Å². The lowest BCUT2D eigenvalue weighted by molar-refractivity contribution is 1.50. The highest BCUT2D eigenvalue weighted by Crippen LogP contribution is 2.38.